The molecule has 8 heteroatoms. The number of aryl methyl sites for hydroxylation is 1. The van der Waals surface area contributed by atoms with Crippen LogP contribution in [0.1, 0.15) is 18.6 Å². The molecule has 1 aromatic carbocycles. The van der Waals surface area contributed by atoms with Crippen molar-refractivity contribution in [3.8, 4) is 0 Å². The largest absolute Gasteiger partial charge is 0.360 e. The Kier molecular flexibility index (Phi) is 4.62. The van der Waals surface area contributed by atoms with Gasteiger partial charge in [0.05, 0.1) is 17.4 Å². The van der Waals surface area contributed by atoms with E-state index in [1.165, 1.54) is 0 Å². The summed E-state index contributed by atoms with van der Waals surface area (Å²) in [4.78, 5) is 31.1. The molecule has 3 aromatic rings. The van der Waals surface area contributed by atoms with Gasteiger partial charge in [-0.1, -0.05) is 17.3 Å². The van der Waals surface area contributed by atoms with Crippen molar-refractivity contribution < 1.29 is 14.1 Å². The lowest BCUT2D eigenvalue weighted by Crippen LogP contribution is -2.42. The molecule has 1 aliphatic rings. The van der Waals surface area contributed by atoms with Crippen LogP contribution in [-0.4, -0.2) is 44.5 Å². The van der Waals surface area contributed by atoms with Crippen molar-refractivity contribution in [2.24, 2.45) is 5.92 Å². The molecular weight excluding hydrogens is 346 g/mol. The number of hydrogen-bond acceptors (Lipinski definition) is 5. The molecule has 3 heterocycles. The highest BCUT2D eigenvalue weighted by Crippen LogP contribution is 2.20. The van der Waals surface area contributed by atoms with Gasteiger partial charge in [0.1, 0.15) is 12.3 Å². The minimum Gasteiger partial charge on any atom is -0.360 e. The van der Waals surface area contributed by atoms with E-state index in [-0.39, 0.29) is 24.3 Å². The van der Waals surface area contributed by atoms with Gasteiger partial charge in [-0.05, 0) is 31.9 Å². The molecule has 0 radical (unpaired) electrons. The third-order valence-electron chi connectivity index (χ3n) is 4.93. The van der Waals surface area contributed by atoms with E-state index >= 15 is 0 Å². The summed E-state index contributed by atoms with van der Waals surface area (Å²) >= 11 is 0. The predicted molar refractivity (Wildman–Crippen MR) is 98.9 cm³/mol. The van der Waals surface area contributed by atoms with Gasteiger partial charge in [-0.2, -0.15) is 0 Å². The van der Waals surface area contributed by atoms with Crippen molar-refractivity contribution >= 4 is 28.7 Å². The molecule has 4 rings (SSSR count). The van der Waals surface area contributed by atoms with Crippen LogP contribution in [0.25, 0.3) is 11.0 Å². The highest BCUT2D eigenvalue weighted by atomic mass is 16.5. The predicted octanol–water partition coefficient (Wildman–Crippen LogP) is 2.21. The van der Waals surface area contributed by atoms with E-state index in [9.17, 15) is 9.59 Å². The summed E-state index contributed by atoms with van der Waals surface area (Å²) in [6.45, 7) is 3.18. The molecule has 0 unspecified atom stereocenters. The van der Waals surface area contributed by atoms with Gasteiger partial charge in [-0.15, -0.1) is 0 Å². The molecule has 140 valence electrons. The summed E-state index contributed by atoms with van der Waals surface area (Å²) < 4.78 is 6.82. The molecule has 1 N–H and O–H groups in total. The maximum Gasteiger partial charge on any atom is 0.242 e. The maximum atomic E-state index is 12.6. The van der Waals surface area contributed by atoms with Crippen LogP contribution in [0.15, 0.2) is 41.2 Å². The average molecular weight is 367 g/mol. The van der Waals surface area contributed by atoms with Gasteiger partial charge >= 0.3 is 0 Å². The lowest BCUT2D eigenvalue weighted by atomic mass is 9.96. The average Bonchev–Trinajstić information content (AvgIpc) is 3.28. The van der Waals surface area contributed by atoms with Crippen molar-refractivity contribution in [1.82, 2.24) is 19.6 Å². The minimum atomic E-state index is -0.125. The van der Waals surface area contributed by atoms with Gasteiger partial charge in [0.15, 0.2) is 5.82 Å². The number of nitrogens with zero attached hydrogens (tertiary/aromatic N) is 4. The topological polar surface area (TPSA) is 93.3 Å². The quantitative estimate of drug-likeness (QED) is 0.763. The van der Waals surface area contributed by atoms with Gasteiger partial charge in [-0.25, -0.2) is 4.98 Å². The van der Waals surface area contributed by atoms with Gasteiger partial charge in [0.25, 0.3) is 0 Å². The van der Waals surface area contributed by atoms with Crippen LogP contribution in [0.2, 0.25) is 0 Å². The third kappa shape index (κ3) is 3.69. The number of rotatable bonds is 4. The number of fused-ring (bicyclic) bond motifs is 1. The second kappa shape index (κ2) is 7.22. The van der Waals surface area contributed by atoms with E-state index in [1.54, 1.807) is 19.3 Å². The fourth-order valence-corrected chi connectivity index (χ4v) is 3.43. The smallest absolute Gasteiger partial charge is 0.242 e. The number of imidazole rings is 1. The van der Waals surface area contributed by atoms with Crippen LogP contribution in [0.5, 0.6) is 0 Å². The van der Waals surface area contributed by atoms with Crippen LogP contribution >= 0.6 is 0 Å². The first kappa shape index (κ1) is 17.3. The molecule has 2 amide bonds. The summed E-state index contributed by atoms with van der Waals surface area (Å²) in [6, 6.07) is 9.43. The summed E-state index contributed by atoms with van der Waals surface area (Å²) in [5, 5.41) is 6.55. The number of piperidine rings is 1. The lowest BCUT2D eigenvalue weighted by Gasteiger charge is -2.31. The van der Waals surface area contributed by atoms with Crippen molar-refractivity contribution in [2.75, 3.05) is 18.4 Å². The van der Waals surface area contributed by atoms with E-state index in [0.29, 0.717) is 37.5 Å². The van der Waals surface area contributed by atoms with Crippen LogP contribution in [0.3, 0.4) is 0 Å². The number of nitrogens with one attached hydrogen (secondary N) is 1. The number of amides is 2. The van der Waals surface area contributed by atoms with E-state index in [1.807, 2.05) is 33.7 Å². The van der Waals surface area contributed by atoms with E-state index in [4.69, 9.17) is 4.52 Å². The number of para-hydroxylation sites is 2. The maximum absolute atomic E-state index is 12.6. The molecule has 1 fully saturated rings. The Hall–Kier alpha value is -3.16. The van der Waals surface area contributed by atoms with Crippen LogP contribution in [0.4, 0.5) is 5.82 Å². The molecule has 2 aromatic heterocycles. The molecule has 0 bridgehead atoms. The molecule has 1 aliphatic heterocycles. The van der Waals surface area contributed by atoms with E-state index < -0.39 is 0 Å². The van der Waals surface area contributed by atoms with Crippen molar-refractivity contribution in [3.05, 3.63) is 42.4 Å². The Morgan fingerprint density at radius 1 is 1.26 bits per heavy atom. The van der Waals surface area contributed by atoms with Gasteiger partial charge in [-0.3, -0.25) is 9.59 Å². The Morgan fingerprint density at radius 3 is 2.78 bits per heavy atom. The molecule has 1 saturated heterocycles. The van der Waals surface area contributed by atoms with Crippen LogP contribution in [0, 0.1) is 12.8 Å². The van der Waals surface area contributed by atoms with Gasteiger partial charge < -0.3 is 19.3 Å². The fourth-order valence-electron chi connectivity index (χ4n) is 3.43. The van der Waals surface area contributed by atoms with E-state index in [2.05, 4.69) is 15.5 Å². The second-order valence-corrected chi connectivity index (χ2v) is 6.83. The molecule has 8 nitrogen and oxygen atoms in total. The number of aromatic nitrogens is 3. The highest BCUT2D eigenvalue weighted by molar-refractivity contribution is 5.92. The number of anilines is 1. The monoisotopic (exact) mass is 367 g/mol. The minimum absolute atomic E-state index is 0.0455. The molecule has 27 heavy (non-hydrogen) atoms. The Bertz CT molecular complexity index is 969. The lowest BCUT2D eigenvalue weighted by molar-refractivity contribution is -0.135. The molecule has 0 atom stereocenters. The zero-order valence-corrected chi connectivity index (χ0v) is 15.1. The van der Waals surface area contributed by atoms with Crippen molar-refractivity contribution in [1.29, 1.82) is 0 Å². The SMILES string of the molecule is Cc1cc(NC(=O)C2CCN(C(=O)Cn3cnc4ccccc43)CC2)no1. The normalized spacial score (nSPS) is 15.2. The van der Waals surface area contributed by atoms with Crippen LogP contribution in [-0.2, 0) is 16.1 Å². The zero-order valence-electron chi connectivity index (χ0n) is 15.1. The molecular formula is C19H21N5O3. The molecule has 0 spiro atoms. The summed E-state index contributed by atoms with van der Waals surface area (Å²) in [7, 11) is 0. The first-order chi connectivity index (χ1) is 13.1. The fraction of sp³-hybridized carbons (Fsp3) is 0.368. The second-order valence-electron chi connectivity index (χ2n) is 6.83. The molecule has 0 saturated carbocycles. The Morgan fingerprint density at radius 2 is 2.04 bits per heavy atom. The van der Waals surface area contributed by atoms with Crippen molar-refractivity contribution in [2.45, 2.75) is 26.3 Å². The first-order valence-corrected chi connectivity index (χ1v) is 9.02. The third-order valence-corrected chi connectivity index (χ3v) is 4.93. The van der Waals surface area contributed by atoms with Crippen molar-refractivity contribution in [3.63, 3.8) is 0 Å². The number of likely N-dealkylation sites (tertiary alicyclic amines) is 1. The number of benzene rings is 1. The standard InChI is InChI=1S/C19H21N5O3/c1-13-10-17(22-27-13)21-19(26)14-6-8-23(9-7-14)18(25)11-24-12-20-15-4-2-3-5-16(15)24/h2-5,10,12,14H,6-9,11H2,1H3,(H,21,22,26). The Labute approximate surface area is 156 Å². The number of hydrogen-bond donors (Lipinski definition) is 1. The summed E-state index contributed by atoms with van der Waals surface area (Å²) in [5.74, 6) is 0.931. The van der Waals surface area contributed by atoms with Crippen LogP contribution < -0.4 is 5.32 Å². The first-order valence-electron chi connectivity index (χ1n) is 9.02. The Balaban J connectivity index is 1.32. The summed E-state index contributed by atoms with van der Waals surface area (Å²) in [5.41, 5.74) is 1.83. The zero-order chi connectivity index (χ0) is 18.8. The number of carbonyl (C=O) groups is 2. The number of carbonyl (C=O) groups excluding carboxylic acids is 2. The highest BCUT2D eigenvalue weighted by Gasteiger charge is 2.28. The van der Waals surface area contributed by atoms with E-state index in [0.717, 1.165) is 11.0 Å². The van der Waals surface area contributed by atoms with Gasteiger partial charge in [0, 0.05) is 25.1 Å². The molecule has 0 aliphatic carbocycles. The summed E-state index contributed by atoms with van der Waals surface area (Å²) in [6.07, 6.45) is 2.97. The van der Waals surface area contributed by atoms with Gasteiger partial charge in [0.2, 0.25) is 11.8 Å².